The number of anilines is 1. The number of benzene rings is 1. The van der Waals surface area contributed by atoms with Crippen LogP contribution in [0.25, 0.3) is 0 Å². The number of amides is 2. The smallest absolute Gasteiger partial charge is 0.255 e. The van der Waals surface area contributed by atoms with E-state index in [1.54, 1.807) is 18.4 Å². The number of likely N-dealkylation sites (N-methyl/N-ethyl adjacent to an activating group) is 1. The first-order valence-electron chi connectivity index (χ1n) is 9.07. The van der Waals surface area contributed by atoms with Crippen molar-refractivity contribution in [3.63, 3.8) is 0 Å². The van der Waals surface area contributed by atoms with E-state index in [-0.39, 0.29) is 18.4 Å². The number of nitrogens with one attached hydrogen (secondary N) is 1. The minimum atomic E-state index is -0.174. The van der Waals surface area contributed by atoms with Gasteiger partial charge >= 0.3 is 0 Å². The van der Waals surface area contributed by atoms with Crippen molar-refractivity contribution >= 4 is 28.8 Å². The number of hydrogen-bond acceptors (Lipinski definition) is 3. The van der Waals surface area contributed by atoms with Crippen molar-refractivity contribution < 1.29 is 9.59 Å². The monoisotopic (exact) mass is 370 g/mol. The first-order chi connectivity index (χ1) is 12.4. The summed E-state index contributed by atoms with van der Waals surface area (Å²) in [6, 6.07) is 5.82. The summed E-state index contributed by atoms with van der Waals surface area (Å²) in [6.07, 6.45) is 3.15. The van der Waals surface area contributed by atoms with E-state index < -0.39 is 0 Å². The zero-order chi connectivity index (χ0) is 18.8. The van der Waals surface area contributed by atoms with Crippen LogP contribution in [0.15, 0.2) is 23.6 Å². The molecule has 2 amide bonds. The third kappa shape index (κ3) is 3.83. The molecule has 1 aliphatic rings. The molecular weight excluding hydrogens is 344 g/mol. The normalized spacial score (nSPS) is 16.1. The molecule has 1 aliphatic carbocycles. The zero-order valence-corrected chi connectivity index (χ0v) is 16.7. The van der Waals surface area contributed by atoms with Gasteiger partial charge in [-0.2, -0.15) is 0 Å². The molecule has 1 unspecified atom stereocenters. The fraction of sp³-hybridized carbons (Fsp3) is 0.429. The van der Waals surface area contributed by atoms with Crippen LogP contribution < -0.4 is 5.32 Å². The maximum absolute atomic E-state index is 12.8. The van der Waals surface area contributed by atoms with Gasteiger partial charge in [-0.25, -0.2) is 0 Å². The van der Waals surface area contributed by atoms with Crippen LogP contribution in [0.3, 0.4) is 0 Å². The third-order valence-electron chi connectivity index (χ3n) is 5.24. The highest BCUT2D eigenvalue weighted by Crippen LogP contribution is 2.33. The second-order valence-electron chi connectivity index (χ2n) is 7.36. The molecule has 1 aromatic heterocycles. The number of rotatable bonds is 4. The minimum absolute atomic E-state index is 0.0488. The van der Waals surface area contributed by atoms with Gasteiger partial charge in [0.1, 0.15) is 0 Å². The summed E-state index contributed by atoms with van der Waals surface area (Å²) in [5.74, 6) is 0.450. The number of aryl methyl sites for hydroxylation is 1. The molecule has 4 nitrogen and oxygen atoms in total. The van der Waals surface area contributed by atoms with E-state index in [2.05, 4.69) is 12.2 Å². The standard InChI is InChI=1S/C21H26N2O2S/c1-13-8-9-16-17(12-26-19(16)10-13)21(25)23(4)11-20(24)22-18-7-5-6-14(2)15(18)3/h5-7,12-13H,8-11H2,1-4H3,(H,22,24). The Morgan fingerprint density at radius 3 is 2.85 bits per heavy atom. The van der Waals surface area contributed by atoms with E-state index in [1.807, 2.05) is 37.4 Å². The fourth-order valence-corrected chi connectivity index (χ4v) is 4.66. The number of nitrogens with zero attached hydrogens (tertiary/aromatic N) is 1. The third-order valence-corrected chi connectivity index (χ3v) is 6.29. The molecule has 138 valence electrons. The lowest BCUT2D eigenvalue weighted by molar-refractivity contribution is -0.116. The first-order valence-corrected chi connectivity index (χ1v) is 9.95. The lowest BCUT2D eigenvalue weighted by Gasteiger charge is -2.21. The molecule has 26 heavy (non-hydrogen) atoms. The van der Waals surface area contributed by atoms with Crippen LogP contribution in [0.4, 0.5) is 5.69 Å². The van der Waals surface area contributed by atoms with Gasteiger partial charge in [0.15, 0.2) is 0 Å². The highest BCUT2D eigenvalue weighted by Gasteiger charge is 2.25. The van der Waals surface area contributed by atoms with Crippen LogP contribution in [0, 0.1) is 19.8 Å². The molecular formula is C21H26N2O2S. The molecule has 5 heteroatoms. The Morgan fingerprint density at radius 1 is 1.31 bits per heavy atom. The van der Waals surface area contributed by atoms with Crippen LogP contribution in [0.2, 0.25) is 0 Å². The molecule has 0 spiro atoms. The molecule has 0 radical (unpaired) electrons. The van der Waals surface area contributed by atoms with Gasteiger partial charge < -0.3 is 10.2 Å². The van der Waals surface area contributed by atoms with Gasteiger partial charge in [-0.3, -0.25) is 9.59 Å². The second kappa shape index (κ2) is 7.62. The second-order valence-corrected chi connectivity index (χ2v) is 8.32. The van der Waals surface area contributed by atoms with Crippen molar-refractivity contribution in [3.8, 4) is 0 Å². The molecule has 1 N–H and O–H groups in total. The van der Waals surface area contributed by atoms with E-state index in [1.165, 1.54) is 15.3 Å². The van der Waals surface area contributed by atoms with Crippen molar-refractivity contribution in [2.75, 3.05) is 18.9 Å². The van der Waals surface area contributed by atoms with E-state index in [4.69, 9.17) is 0 Å². The van der Waals surface area contributed by atoms with Crippen LogP contribution in [-0.2, 0) is 17.6 Å². The van der Waals surface area contributed by atoms with E-state index in [9.17, 15) is 9.59 Å². The van der Waals surface area contributed by atoms with Gasteiger partial charge in [0.25, 0.3) is 5.91 Å². The summed E-state index contributed by atoms with van der Waals surface area (Å²) in [4.78, 5) is 28.1. The first kappa shape index (κ1) is 18.6. The van der Waals surface area contributed by atoms with E-state index >= 15 is 0 Å². The Labute approximate surface area is 159 Å². The Morgan fingerprint density at radius 2 is 2.08 bits per heavy atom. The zero-order valence-electron chi connectivity index (χ0n) is 15.9. The average Bonchev–Trinajstić information content (AvgIpc) is 3.01. The lowest BCUT2D eigenvalue weighted by atomic mass is 9.88. The molecule has 0 aliphatic heterocycles. The Hall–Kier alpha value is -2.14. The van der Waals surface area contributed by atoms with Gasteiger partial charge in [-0.05, 0) is 61.8 Å². The summed E-state index contributed by atoms with van der Waals surface area (Å²) in [5.41, 5.74) is 4.96. The number of thiophene rings is 1. The Balaban J connectivity index is 1.66. The Bertz CT molecular complexity index is 841. The molecule has 0 saturated carbocycles. The summed E-state index contributed by atoms with van der Waals surface area (Å²) in [5, 5.41) is 4.88. The van der Waals surface area contributed by atoms with Crippen LogP contribution in [-0.4, -0.2) is 30.3 Å². The van der Waals surface area contributed by atoms with Gasteiger partial charge in [0.2, 0.25) is 5.91 Å². The van der Waals surface area contributed by atoms with Crippen LogP contribution >= 0.6 is 11.3 Å². The number of hydrogen-bond donors (Lipinski definition) is 1. The predicted molar refractivity (Wildman–Crippen MR) is 107 cm³/mol. The maximum Gasteiger partial charge on any atom is 0.255 e. The number of fused-ring (bicyclic) bond motifs is 1. The SMILES string of the molecule is Cc1cccc(NC(=O)CN(C)C(=O)c2csc3c2CCC(C)C3)c1C. The van der Waals surface area contributed by atoms with Gasteiger partial charge in [-0.1, -0.05) is 19.1 Å². The molecule has 0 saturated heterocycles. The van der Waals surface area contributed by atoms with Gasteiger partial charge in [-0.15, -0.1) is 11.3 Å². The largest absolute Gasteiger partial charge is 0.332 e. The average molecular weight is 371 g/mol. The van der Waals surface area contributed by atoms with Crippen molar-refractivity contribution in [2.24, 2.45) is 5.92 Å². The van der Waals surface area contributed by atoms with Crippen LogP contribution in [0.1, 0.15) is 45.3 Å². The molecule has 0 fully saturated rings. The lowest BCUT2D eigenvalue weighted by Crippen LogP contribution is -2.35. The van der Waals surface area contributed by atoms with Crippen molar-refractivity contribution in [1.82, 2.24) is 4.90 Å². The highest BCUT2D eigenvalue weighted by molar-refractivity contribution is 7.10. The number of carbonyl (C=O) groups excluding carboxylic acids is 2. The van der Waals surface area contributed by atoms with Crippen molar-refractivity contribution in [2.45, 2.75) is 40.0 Å². The van der Waals surface area contributed by atoms with E-state index in [0.717, 1.165) is 41.6 Å². The molecule has 0 bridgehead atoms. The van der Waals surface area contributed by atoms with Crippen molar-refractivity contribution in [3.05, 3.63) is 50.7 Å². The number of carbonyl (C=O) groups is 2. The molecule has 1 heterocycles. The quantitative estimate of drug-likeness (QED) is 0.877. The fourth-order valence-electron chi connectivity index (χ4n) is 3.43. The predicted octanol–water partition coefficient (Wildman–Crippen LogP) is 4.20. The summed E-state index contributed by atoms with van der Waals surface area (Å²) < 4.78 is 0. The highest BCUT2D eigenvalue weighted by atomic mass is 32.1. The van der Waals surface area contributed by atoms with Gasteiger partial charge in [0, 0.05) is 23.0 Å². The topological polar surface area (TPSA) is 49.4 Å². The summed E-state index contributed by atoms with van der Waals surface area (Å²) in [6.45, 7) is 6.31. The minimum Gasteiger partial charge on any atom is -0.332 e. The summed E-state index contributed by atoms with van der Waals surface area (Å²) in [7, 11) is 1.69. The Kier molecular flexibility index (Phi) is 5.47. The molecule has 2 aromatic rings. The molecule has 1 atom stereocenters. The van der Waals surface area contributed by atoms with Crippen LogP contribution in [0.5, 0.6) is 0 Å². The molecule has 3 rings (SSSR count). The van der Waals surface area contributed by atoms with E-state index in [0.29, 0.717) is 5.92 Å². The summed E-state index contributed by atoms with van der Waals surface area (Å²) >= 11 is 1.68. The van der Waals surface area contributed by atoms with Gasteiger partial charge in [0.05, 0.1) is 12.1 Å². The van der Waals surface area contributed by atoms with Crippen molar-refractivity contribution in [1.29, 1.82) is 0 Å². The molecule has 1 aromatic carbocycles. The maximum atomic E-state index is 12.8.